The number of aromatic carboxylic acids is 1. The molecule has 9 nitrogen and oxygen atoms in total. The molecule has 10 heteroatoms. The monoisotopic (exact) mass is 452 g/mol. The van der Waals surface area contributed by atoms with E-state index in [-0.39, 0.29) is 5.56 Å². The number of anilines is 1. The van der Waals surface area contributed by atoms with E-state index in [1.54, 1.807) is 32.7 Å². The first-order valence-corrected chi connectivity index (χ1v) is 10.6. The van der Waals surface area contributed by atoms with Crippen LogP contribution in [0.2, 0.25) is 0 Å². The molecule has 4 rings (SSSR count). The molecule has 0 atom stereocenters. The predicted octanol–water partition coefficient (Wildman–Crippen LogP) is 2.94. The molecule has 0 fully saturated rings. The van der Waals surface area contributed by atoms with Crippen LogP contribution in [0.4, 0.5) is 5.82 Å². The summed E-state index contributed by atoms with van der Waals surface area (Å²) in [6.07, 6.45) is 2.34. The lowest BCUT2D eigenvalue weighted by Gasteiger charge is -2.07. The van der Waals surface area contributed by atoms with E-state index in [1.165, 1.54) is 11.8 Å². The molecule has 2 aromatic carbocycles. The Balaban J connectivity index is 1.59. The van der Waals surface area contributed by atoms with Crippen LogP contribution in [0.15, 0.2) is 58.8 Å². The number of aromatic amines is 1. The first-order chi connectivity index (χ1) is 15.5. The third kappa shape index (κ3) is 4.45. The Labute approximate surface area is 188 Å². The predicted molar refractivity (Wildman–Crippen MR) is 119 cm³/mol. The third-order valence-electron chi connectivity index (χ3n) is 4.95. The first-order valence-electron chi connectivity index (χ1n) is 9.74. The van der Waals surface area contributed by atoms with Crippen molar-refractivity contribution in [3.05, 3.63) is 59.9 Å². The number of methoxy groups -OCH3 is 2. The van der Waals surface area contributed by atoms with Gasteiger partial charge in [-0.15, -0.1) is 0 Å². The highest BCUT2D eigenvalue weighted by Crippen LogP contribution is 2.36. The van der Waals surface area contributed by atoms with Gasteiger partial charge in [0.05, 0.1) is 31.2 Å². The van der Waals surface area contributed by atoms with Crippen molar-refractivity contribution in [2.75, 3.05) is 20.0 Å². The Hall–Kier alpha value is -3.79. The fraction of sp³-hybridized carbons (Fsp3) is 0.182. The summed E-state index contributed by atoms with van der Waals surface area (Å²) < 4.78 is 12.7. The number of nitrogens with zero attached hydrogens (tertiary/aromatic N) is 3. The van der Waals surface area contributed by atoms with Gasteiger partial charge in [0.1, 0.15) is 11.5 Å². The highest BCUT2D eigenvalue weighted by Gasteiger charge is 2.20. The zero-order chi connectivity index (χ0) is 22.7. The number of hydrogen-bond donors (Lipinski definition) is 3. The number of imidazole rings is 1. The molecule has 0 spiro atoms. The van der Waals surface area contributed by atoms with Crippen molar-refractivity contribution in [2.24, 2.45) is 0 Å². The SMILES string of the molecule is COc1ccc(OC)c(Sc2nc3c([nH]2)c(N)nc[n+]3CCc2ccc(C(=O)O)cc2)c1. The van der Waals surface area contributed by atoms with E-state index < -0.39 is 5.97 Å². The van der Waals surface area contributed by atoms with Gasteiger partial charge in [0, 0.05) is 6.42 Å². The fourth-order valence-electron chi connectivity index (χ4n) is 3.22. The van der Waals surface area contributed by atoms with Crippen LogP contribution >= 0.6 is 11.8 Å². The lowest BCUT2D eigenvalue weighted by atomic mass is 10.1. The molecular formula is C22H22N5O4S+. The molecule has 0 aliphatic carbocycles. The molecule has 0 aliphatic rings. The molecule has 0 aliphatic heterocycles. The first kappa shape index (κ1) is 21.4. The fourth-order valence-corrected chi connectivity index (χ4v) is 4.14. The van der Waals surface area contributed by atoms with Gasteiger partial charge in [-0.25, -0.2) is 9.36 Å². The minimum absolute atomic E-state index is 0.264. The van der Waals surface area contributed by atoms with Gasteiger partial charge in [0.25, 0.3) is 5.65 Å². The smallest absolute Gasteiger partial charge is 0.335 e. The Kier molecular flexibility index (Phi) is 6.13. The van der Waals surface area contributed by atoms with E-state index >= 15 is 0 Å². The Bertz CT molecular complexity index is 1270. The van der Waals surface area contributed by atoms with E-state index in [9.17, 15) is 4.79 Å². The molecule has 0 bridgehead atoms. The topological polar surface area (TPSA) is 127 Å². The Morgan fingerprint density at radius 1 is 1.19 bits per heavy atom. The van der Waals surface area contributed by atoms with Crippen molar-refractivity contribution >= 4 is 34.7 Å². The van der Waals surface area contributed by atoms with Crippen LogP contribution in [0.3, 0.4) is 0 Å². The largest absolute Gasteiger partial charge is 0.497 e. The number of nitrogen functional groups attached to an aromatic ring is 1. The zero-order valence-electron chi connectivity index (χ0n) is 17.5. The average molecular weight is 453 g/mol. The number of nitrogens with two attached hydrogens (primary N) is 1. The molecule has 4 N–H and O–H groups in total. The number of carbonyl (C=O) groups is 1. The van der Waals surface area contributed by atoms with E-state index in [4.69, 9.17) is 25.3 Å². The summed E-state index contributed by atoms with van der Waals surface area (Å²) in [4.78, 5) is 24.1. The molecule has 0 radical (unpaired) electrons. The second-order valence-electron chi connectivity index (χ2n) is 6.93. The summed E-state index contributed by atoms with van der Waals surface area (Å²) in [5.74, 6) is 0.846. The number of benzene rings is 2. The molecule has 4 aromatic rings. The van der Waals surface area contributed by atoms with Crippen LogP contribution in [0, 0.1) is 0 Å². The van der Waals surface area contributed by atoms with E-state index in [0.717, 1.165) is 16.2 Å². The number of hydrogen-bond acceptors (Lipinski definition) is 7. The van der Waals surface area contributed by atoms with Crippen molar-refractivity contribution in [2.45, 2.75) is 23.0 Å². The van der Waals surface area contributed by atoms with Crippen LogP contribution in [-0.4, -0.2) is 40.2 Å². The summed E-state index contributed by atoms with van der Waals surface area (Å²) in [6, 6.07) is 12.4. The van der Waals surface area contributed by atoms with Gasteiger partial charge in [-0.05, 0) is 47.7 Å². The lowest BCUT2D eigenvalue weighted by Crippen LogP contribution is -2.36. The van der Waals surface area contributed by atoms with Gasteiger partial charge in [0.2, 0.25) is 17.3 Å². The molecule has 0 unspecified atom stereocenters. The number of carboxylic acids is 1. The van der Waals surface area contributed by atoms with Crippen molar-refractivity contribution in [1.82, 2.24) is 15.0 Å². The second-order valence-corrected chi connectivity index (χ2v) is 7.97. The van der Waals surface area contributed by atoms with E-state index in [1.807, 2.05) is 34.9 Å². The summed E-state index contributed by atoms with van der Waals surface area (Å²) in [5, 5.41) is 9.69. The maximum absolute atomic E-state index is 11.0. The maximum atomic E-state index is 11.0. The van der Waals surface area contributed by atoms with Gasteiger partial charge in [-0.3, -0.25) is 0 Å². The lowest BCUT2D eigenvalue weighted by molar-refractivity contribution is -0.675. The quantitative estimate of drug-likeness (QED) is 0.348. The zero-order valence-corrected chi connectivity index (χ0v) is 18.3. The minimum atomic E-state index is -0.940. The molecule has 0 saturated carbocycles. The number of nitrogens with one attached hydrogen (secondary N) is 1. The summed E-state index contributed by atoms with van der Waals surface area (Å²) >= 11 is 1.41. The maximum Gasteiger partial charge on any atom is 0.335 e. The number of carboxylic acid groups (broad SMARTS) is 1. The highest BCUT2D eigenvalue weighted by atomic mass is 32.2. The van der Waals surface area contributed by atoms with Crippen LogP contribution in [0.25, 0.3) is 11.2 Å². The van der Waals surface area contributed by atoms with Gasteiger partial charge >= 0.3 is 5.97 Å². The van der Waals surface area contributed by atoms with Crippen molar-refractivity contribution < 1.29 is 23.9 Å². The number of H-pyrrole nitrogens is 1. The number of fused-ring (bicyclic) bond motifs is 1. The van der Waals surface area contributed by atoms with Gasteiger partial charge < -0.3 is 25.3 Å². The van der Waals surface area contributed by atoms with Crippen molar-refractivity contribution in [1.29, 1.82) is 0 Å². The molecule has 164 valence electrons. The van der Waals surface area contributed by atoms with Gasteiger partial charge in [-0.2, -0.15) is 0 Å². The number of aryl methyl sites for hydroxylation is 2. The molecule has 32 heavy (non-hydrogen) atoms. The normalized spacial score (nSPS) is 10.9. The van der Waals surface area contributed by atoms with Gasteiger partial charge in [0.15, 0.2) is 5.52 Å². The minimum Gasteiger partial charge on any atom is -0.497 e. The molecule has 0 saturated heterocycles. The number of ether oxygens (including phenoxy) is 2. The summed E-state index contributed by atoms with van der Waals surface area (Å²) in [7, 11) is 3.23. The molecule has 2 heterocycles. The van der Waals surface area contributed by atoms with Crippen LogP contribution < -0.4 is 19.8 Å². The van der Waals surface area contributed by atoms with Crippen LogP contribution in [0.5, 0.6) is 11.5 Å². The molecular weight excluding hydrogens is 430 g/mol. The molecule has 2 aromatic heterocycles. The van der Waals surface area contributed by atoms with E-state index in [2.05, 4.69) is 9.97 Å². The highest BCUT2D eigenvalue weighted by molar-refractivity contribution is 7.99. The molecule has 0 amide bonds. The van der Waals surface area contributed by atoms with Crippen molar-refractivity contribution in [3.8, 4) is 11.5 Å². The average Bonchev–Trinajstić information content (AvgIpc) is 3.23. The third-order valence-corrected chi connectivity index (χ3v) is 5.87. The van der Waals surface area contributed by atoms with Gasteiger partial charge in [-0.1, -0.05) is 22.1 Å². The van der Waals surface area contributed by atoms with E-state index in [0.29, 0.717) is 40.9 Å². The number of rotatable bonds is 8. The van der Waals surface area contributed by atoms with Crippen LogP contribution in [0.1, 0.15) is 15.9 Å². The second kappa shape index (κ2) is 9.15. The van der Waals surface area contributed by atoms with Crippen molar-refractivity contribution in [3.63, 3.8) is 0 Å². The standard InChI is InChI=1S/C22H21N5O4S/c1-30-15-7-8-16(31-2)17(11-15)32-22-25-18-19(23)24-12-27(20(18)26-22)10-9-13-3-5-14(6-4-13)21(28)29/h3-8,11-12H,9-10H2,1-2H3,(H3,23,25,26,28,29)/p+1. The number of aromatic nitrogens is 4. The Morgan fingerprint density at radius 2 is 1.97 bits per heavy atom. The van der Waals surface area contributed by atoms with Crippen LogP contribution in [-0.2, 0) is 13.0 Å². The Morgan fingerprint density at radius 3 is 2.66 bits per heavy atom. The summed E-state index contributed by atoms with van der Waals surface area (Å²) in [6.45, 7) is 0.605. The summed E-state index contributed by atoms with van der Waals surface area (Å²) in [5.41, 5.74) is 8.69.